The molecular formula is C60H112NO8P. The molecule has 410 valence electrons. The zero-order valence-electron chi connectivity index (χ0n) is 46.5. The average Bonchev–Trinajstić information content (AvgIpc) is 3.32. The van der Waals surface area contributed by atoms with Crippen LogP contribution in [0.15, 0.2) is 48.6 Å². The van der Waals surface area contributed by atoms with E-state index in [0.29, 0.717) is 23.9 Å². The van der Waals surface area contributed by atoms with Crippen LogP contribution < -0.4 is 4.89 Å². The normalized spacial score (nSPS) is 13.6. The number of rotatable bonds is 54. The van der Waals surface area contributed by atoms with Crippen LogP contribution in [0.5, 0.6) is 0 Å². The Kier molecular flexibility index (Phi) is 50.4. The molecule has 0 aliphatic heterocycles. The highest BCUT2D eigenvalue weighted by Gasteiger charge is 2.21. The van der Waals surface area contributed by atoms with Gasteiger partial charge < -0.3 is 27.9 Å². The first-order valence-electron chi connectivity index (χ1n) is 29.3. The summed E-state index contributed by atoms with van der Waals surface area (Å²) in [6, 6.07) is 0. The van der Waals surface area contributed by atoms with Crippen molar-refractivity contribution in [1.82, 2.24) is 0 Å². The first-order chi connectivity index (χ1) is 34.0. The van der Waals surface area contributed by atoms with Crippen LogP contribution in [-0.4, -0.2) is 70.0 Å². The molecular weight excluding hydrogens is 894 g/mol. The average molecular weight is 1010 g/mol. The molecule has 0 radical (unpaired) electrons. The first-order valence-corrected chi connectivity index (χ1v) is 30.8. The quantitative estimate of drug-likeness (QED) is 0.0195. The summed E-state index contributed by atoms with van der Waals surface area (Å²) >= 11 is 0. The Morgan fingerprint density at radius 2 is 0.743 bits per heavy atom. The maximum absolute atomic E-state index is 12.8. The number of allylic oxidation sites excluding steroid dienone is 8. The lowest BCUT2D eigenvalue weighted by Crippen LogP contribution is -2.37. The van der Waals surface area contributed by atoms with Crippen molar-refractivity contribution >= 4 is 19.8 Å². The Labute approximate surface area is 433 Å². The third-order valence-corrected chi connectivity index (χ3v) is 13.7. The molecule has 0 aromatic rings. The van der Waals surface area contributed by atoms with E-state index in [1.807, 2.05) is 21.1 Å². The number of carbonyl (C=O) groups is 2. The Bertz CT molecular complexity index is 1320. The van der Waals surface area contributed by atoms with Crippen molar-refractivity contribution in [2.75, 3.05) is 47.5 Å². The summed E-state index contributed by atoms with van der Waals surface area (Å²) in [5.74, 6) is -0.925. The first kappa shape index (κ1) is 68.0. The lowest BCUT2D eigenvalue weighted by atomic mass is 10.0. The zero-order valence-corrected chi connectivity index (χ0v) is 47.4. The van der Waals surface area contributed by atoms with Gasteiger partial charge in [0.05, 0.1) is 27.7 Å². The molecule has 0 saturated heterocycles. The van der Waals surface area contributed by atoms with Crippen LogP contribution in [0.25, 0.3) is 0 Å². The van der Waals surface area contributed by atoms with Crippen LogP contribution in [0.1, 0.15) is 271 Å². The van der Waals surface area contributed by atoms with E-state index < -0.39 is 32.5 Å². The molecule has 0 spiro atoms. The number of quaternary nitrogens is 1. The molecule has 0 fully saturated rings. The van der Waals surface area contributed by atoms with Gasteiger partial charge >= 0.3 is 11.9 Å². The van der Waals surface area contributed by atoms with Crippen LogP contribution in [0.2, 0.25) is 0 Å². The van der Waals surface area contributed by atoms with E-state index in [0.717, 1.165) is 51.4 Å². The molecule has 0 saturated carbocycles. The number of nitrogens with zero attached hydrogens (tertiary/aromatic N) is 1. The molecule has 0 bridgehead atoms. The van der Waals surface area contributed by atoms with Gasteiger partial charge in [0.15, 0.2) is 6.10 Å². The fraction of sp³-hybridized carbons (Fsp3) is 0.833. The number of hydrogen-bond acceptors (Lipinski definition) is 8. The minimum Gasteiger partial charge on any atom is -0.756 e. The molecule has 0 N–H and O–H groups in total. The van der Waals surface area contributed by atoms with E-state index in [9.17, 15) is 19.0 Å². The van der Waals surface area contributed by atoms with Crippen molar-refractivity contribution < 1.29 is 42.1 Å². The molecule has 0 aliphatic rings. The predicted molar refractivity (Wildman–Crippen MR) is 296 cm³/mol. The van der Waals surface area contributed by atoms with Crippen LogP contribution >= 0.6 is 7.82 Å². The molecule has 0 heterocycles. The highest BCUT2D eigenvalue weighted by Crippen LogP contribution is 2.38. The van der Waals surface area contributed by atoms with E-state index in [1.165, 1.54) is 180 Å². The fourth-order valence-corrected chi connectivity index (χ4v) is 8.96. The summed E-state index contributed by atoms with van der Waals surface area (Å²) in [7, 11) is 1.13. The summed E-state index contributed by atoms with van der Waals surface area (Å²) in [4.78, 5) is 37.8. The summed E-state index contributed by atoms with van der Waals surface area (Å²) < 4.78 is 34.0. The topological polar surface area (TPSA) is 111 Å². The number of esters is 2. The van der Waals surface area contributed by atoms with Crippen LogP contribution in [-0.2, 0) is 32.7 Å². The second-order valence-corrected chi connectivity index (χ2v) is 22.4. The van der Waals surface area contributed by atoms with Gasteiger partial charge in [-0.05, 0) is 77.0 Å². The number of carbonyl (C=O) groups excluding carboxylic acids is 2. The summed E-state index contributed by atoms with van der Waals surface area (Å²) in [5.41, 5.74) is 0. The van der Waals surface area contributed by atoms with Crippen molar-refractivity contribution in [2.45, 2.75) is 277 Å². The molecule has 2 atom stereocenters. The molecule has 0 aromatic carbocycles. The molecule has 0 rings (SSSR count). The second kappa shape index (κ2) is 51.9. The Balaban J connectivity index is 4.26. The van der Waals surface area contributed by atoms with E-state index in [4.69, 9.17) is 18.5 Å². The largest absolute Gasteiger partial charge is 0.756 e. The SMILES string of the molecule is CCCCCCCCCCCCCCCC/C=C/CC/C=C\CCCC(=O)OC[C@H](COP(=O)([O-])OCC[N+](C)(C)C)OC(=O)CCC/C=C\CC/C=C/CCCCCCCCCCCCCCCC. The number of ether oxygens (including phenoxy) is 2. The standard InChI is InChI=1S/C60H112NO8P/c1-6-8-10-12-14-16-18-20-22-24-26-28-30-32-34-36-38-40-42-44-46-48-50-52-59(62)66-56-58(57-68-70(64,65)67-55-54-61(3,4)5)69-60(63)53-51-49-47-45-43-41-39-37-35-33-31-29-27-25-23-21-19-17-15-13-11-9-7-2/h36-39,44-47,58H,6-35,40-43,48-57H2,1-5H3/b38-36+,39-37+,46-44-,47-45-/t58-/m1/s1. The maximum atomic E-state index is 12.8. The molecule has 10 heteroatoms. The van der Waals surface area contributed by atoms with Gasteiger partial charge in [0.25, 0.3) is 7.82 Å². The molecule has 1 unspecified atom stereocenters. The molecule has 0 aromatic heterocycles. The summed E-state index contributed by atoms with van der Waals surface area (Å²) in [6.07, 6.45) is 64.7. The van der Waals surface area contributed by atoms with E-state index in [2.05, 4.69) is 62.5 Å². The third-order valence-electron chi connectivity index (χ3n) is 12.8. The lowest BCUT2D eigenvalue weighted by molar-refractivity contribution is -0.870. The number of likely N-dealkylation sites (N-methyl/N-ethyl adjacent to an activating group) is 1. The number of phosphoric acid groups is 1. The van der Waals surface area contributed by atoms with Gasteiger partial charge in [-0.3, -0.25) is 14.2 Å². The third kappa shape index (κ3) is 55.3. The van der Waals surface area contributed by atoms with Gasteiger partial charge in [0.2, 0.25) is 0 Å². The van der Waals surface area contributed by atoms with Crippen LogP contribution in [0, 0.1) is 0 Å². The Hall–Kier alpha value is -2.03. The van der Waals surface area contributed by atoms with E-state index >= 15 is 0 Å². The molecule has 70 heavy (non-hydrogen) atoms. The minimum atomic E-state index is -4.65. The zero-order chi connectivity index (χ0) is 51.3. The molecule has 9 nitrogen and oxygen atoms in total. The fourth-order valence-electron chi connectivity index (χ4n) is 8.23. The summed E-state index contributed by atoms with van der Waals surface area (Å²) in [6.45, 7) is 4.19. The van der Waals surface area contributed by atoms with Gasteiger partial charge in [-0.2, -0.15) is 0 Å². The van der Waals surface area contributed by atoms with Crippen molar-refractivity contribution in [3.05, 3.63) is 48.6 Å². The van der Waals surface area contributed by atoms with Gasteiger partial charge in [0.1, 0.15) is 19.8 Å². The van der Waals surface area contributed by atoms with Gasteiger partial charge in [-0.25, -0.2) is 0 Å². The van der Waals surface area contributed by atoms with Crippen molar-refractivity contribution in [1.29, 1.82) is 0 Å². The number of hydrogen-bond donors (Lipinski definition) is 0. The van der Waals surface area contributed by atoms with Crippen molar-refractivity contribution in [3.8, 4) is 0 Å². The Morgan fingerprint density at radius 3 is 1.10 bits per heavy atom. The van der Waals surface area contributed by atoms with Crippen molar-refractivity contribution in [3.63, 3.8) is 0 Å². The van der Waals surface area contributed by atoms with Crippen molar-refractivity contribution in [2.24, 2.45) is 0 Å². The molecule has 0 aliphatic carbocycles. The molecule has 0 amide bonds. The monoisotopic (exact) mass is 1010 g/mol. The van der Waals surface area contributed by atoms with Crippen LogP contribution in [0.3, 0.4) is 0 Å². The van der Waals surface area contributed by atoms with Gasteiger partial charge in [0, 0.05) is 12.8 Å². The smallest absolute Gasteiger partial charge is 0.306 e. The minimum absolute atomic E-state index is 0.0439. The Morgan fingerprint density at radius 1 is 0.429 bits per heavy atom. The second-order valence-electron chi connectivity index (χ2n) is 21.0. The lowest BCUT2D eigenvalue weighted by Gasteiger charge is -2.28. The van der Waals surface area contributed by atoms with Gasteiger partial charge in [-0.1, -0.05) is 229 Å². The number of unbranched alkanes of at least 4 members (excludes halogenated alkanes) is 32. The van der Waals surface area contributed by atoms with Crippen LogP contribution in [0.4, 0.5) is 0 Å². The number of phosphoric ester groups is 1. The highest BCUT2D eigenvalue weighted by atomic mass is 31.2. The van der Waals surface area contributed by atoms with Gasteiger partial charge in [-0.15, -0.1) is 0 Å². The van der Waals surface area contributed by atoms with E-state index in [1.54, 1.807) is 0 Å². The maximum Gasteiger partial charge on any atom is 0.306 e. The van der Waals surface area contributed by atoms with E-state index in [-0.39, 0.29) is 26.1 Å². The highest BCUT2D eigenvalue weighted by molar-refractivity contribution is 7.45. The predicted octanol–water partition coefficient (Wildman–Crippen LogP) is 17.5. The summed E-state index contributed by atoms with van der Waals surface area (Å²) in [5, 5.41) is 0.